The van der Waals surface area contributed by atoms with Gasteiger partial charge in [-0.1, -0.05) is 120 Å². The summed E-state index contributed by atoms with van der Waals surface area (Å²) in [5.74, 6) is 3.07. The average Bonchev–Trinajstić information content (AvgIpc) is 3.37. The number of benzene rings is 4. The number of nitrogens with one attached hydrogen (secondary N) is 1. The fraction of sp³-hybridized carbons (Fsp3) is 0. The van der Waals surface area contributed by atoms with E-state index in [2.05, 4.69) is 29.4 Å². The number of rotatable bonds is 7. The summed E-state index contributed by atoms with van der Waals surface area (Å²) < 4.78 is 14.2. The Kier molecular flexibility index (Phi) is 7.41. The molecule has 0 spiro atoms. The minimum Gasteiger partial charge on any atom is -0.306 e. The highest BCUT2D eigenvalue weighted by molar-refractivity contribution is 7.72. The molecular formula is C29H21Cl2N2OPS. The van der Waals surface area contributed by atoms with Crippen molar-refractivity contribution in [3.05, 3.63) is 131 Å². The average molecular weight is 547 g/mol. The molecule has 36 heavy (non-hydrogen) atoms. The Morgan fingerprint density at radius 3 is 1.92 bits per heavy atom. The van der Waals surface area contributed by atoms with E-state index in [0.29, 0.717) is 15.2 Å². The Bertz CT molecular complexity index is 1560. The summed E-state index contributed by atoms with van der Waals surface area (Å²) in [5.41, 5.74) is 3.32. The minimum absolute atomic E-state index is 0.367. The molecule has 1 N–H and O–H groups in total. The predicted octanol–water partition coefficient (Wildman–Crippen LogP) is 10.1. The number of anilines is 1. The van der Waals surface area contributed by atoms with Crippen LogP contribution in [0.25, 0.3) is 32.1 Å². The van der Waals surface area contributed by atoms with Crippen LogP contribution in [0.4, 0.5) is 5.13 Å². The number of nitrogens with zero attached hydrogens (tertiary/aromatic N) is 1. The van der Waals surface area contributed by atoms with Gasteiger partial charge in [-0.05, 0) is 28.0 Å². The molecule has 1 heterocycles. The lowest BCUT2D eigenvalue weighted by molar-refractivity contribution is 0.589. The molecule has 0 aliphatic heterocycles. The topological polar surface area (TPSA) is 42.0 Å². The van der Waals surface area contributed by atoms with Gasteiger partial charge in [-0.2, -0.15) is 0 Å². The molecule has 5 aromatic rings. The Morgan fingerprint density at radius 1 is 0.750 bits per heavy atom. The maximum absolute atomic E-state index is 14.2. The number of aromatic nitrogens is 1. The van der Waals surface area contributed by atoms with Gasteiger partial charge in [-0.15, -0.1) is 11.3 Å². The highest BCUT2D eigenvalue weighted by atomic mass is 35.5. The zero-order valence-electron chi connectivity index (χ0n) is 19.0. The molecule has 0 aliphatic rings. The van der Waals surface area contributed by atoms with Gasteiger partial charge in [0, 0.05) is 22.6 Å². The van der Waals surface area contributed by atoms with Crippen LogP contribution < -0.4 is 5.09 Å². The summed E-state index contributed by atoms with van der Waals surface area (Å²) in [6, 6.07) is 33.2. The van der Waals surface area contributed by atoms with Crippen molar-refractivity contribution in [3.8, 4) is 11.3 Å². The van der Waals surface area contributed by atoms with Crippen molar-refractivity contribution in [2.75, 3.05) is 5.09 Å². The molecule has 1 aromatic heterocycles. The van der Waals surface area contributed by atoms with Crippen LogP contribution in [0.5, 0.6) is 0 Å². The van der Waals surface area contributed by atoms with Gasteiger partial charge in [-0.25, -0.2) is 4.98 Å². The Morgan fingerprint density at radius 2 is 1.31 bits per heavy atom. The maximum Gasteiger partial charge on any atom is 0.217 e. The van der Waals surface area contributed by atoms with Gasteiger partial charge in [0.05, 0.1) is 15.8 Å². The van der Waals surface area contributed by atoms with Crippen molar-refractivity contribution in [2.24, 2.45) is 0 Å². The van der Waals surface area contributed by atoms with Crippen molar-refractivity contribution >= 4 is 67.8 Å². The molecule has 0 saturated heterocycles. The van der Waals surface area contributed by atoms with Crippen LogP contribution >= 0.6 is 41.8 Å². The molecule has 5 rings (SSSR count). The van der Waals surface area contributed by atoms with Crippen LogP contribution in [0.3, 0.4) is 0 Å². The maximum atomic E-state index is 14.2. The van der Waals surface area contributed by atoms with E-state index < -0.39 is 7.29 Å². The van der Waals surface area contributed by atoms with E-state index in [9.17, 15) is 4.57 Å². The van der Waals surface area contributed by atoms with Crippen LogP contribution in [-0.2, 0) is 4.57 Å². The molecule has 0 aliphatic carbocycles. The van der Waals surface area contributed by atoms with Crippen molar-refractivity contribution < 1.29 is 4.57 Å². The van der Waals surface area contributed by atoms with Gasteiger partial charge in [0.2, 0.25) is 7.29 Å². The first kappa shape index (κ1) is 24.5. The zero-order valence-corrected chi connectivity index (χ0v) is 22.2. The van der Waals surface area contributed by atoms with Crippen molar-refractivity contribution in [1.82, 2.24) is 4.98 Å². The smallest absolute Gasteiger partial charge is 0.217 e. The van der Waals surface area contributed by atoms with Gasteiger partial charge in [0.15, 0.2) is 5.13 Å². The first-order valence-electron chi connectivity index (χ1n) is 11.2. The molecule has 0 fully saturated rings. The number of halogens is 2. The van der Waals surface area contributed by atoms with E-state index in [1.165, 1.54) is 28.4 Å². The Hall–Kier alpha value is -3.14. The molecule has 0 bridgehead atoms. The largest absolute Gasteiger partial charge is 0.306 e. The van der Waals surface area contributed by atoms with Crippen LogP contribution in [0.15, 0.2) is 120 Å². The standard InChI is InChI=1S/C29H21Cl2N2OPS/c30-26(22-10-3-1-4-11-22)18-35(34,19-27(31)23-12-5-2-6-13-23)33-29-32-28(20-36-29)25-16-15-21-9-7-8-14-24(21)17-25/h1-20H,(H,32,33,34). The first-order valence-corrected chi connectivity index (χ1v) is 14.7. The van der Waals surface area contributed by atoms with Crippen LogP contribution in [-0.4, -0.2) is 4.98 Å². The van der Waals surface area contributed by atoms with Crippen LogP contribution in [0, 0.1) is 0 Å². The van der Waals surface area contributed by atoms with E-state index in [0.717, 1.165) is 27.8 Å². The van der Waals surface area contributed by atoms with Gasteiger partial charge >= 0.3 is 0 Å². The summed E-state index contributed by atoms with van der Waals surface area (Å²) in [4.78, 5) is 4.72. The molecule has 178 valence electrons. The Labute approximate surface area is 224 Å². The quantitative estimate of drug-likeness (QED) is 0.206. The van der Waals surface area contributed by atoms with Crippen LogP contribution in [0.2, 0.25) is 0 Å². The molecule has 0 amide bonds. The lowest BCUT2D eigenvalue weighted by atomic mass is 10.1. The SMILES string of the molecule is O=P(C=C(Cl)c1ccccc1)(C=C(Cl)c1ccccc1)Nc1nc(-c2ccc3ccccc3c2)cs1. The summed E-state index contributed by atoms with van der Waals surface area (Å²) >= 11 is 14.6. The zero-order chi connectivity index (χ0) is 25.0. The third-order valence-electron chi connectivity index (χ3n) is 5.53. The van der Waals surface area contributed by atoms with Crippen molar-refractivity contribution in [2.45, 2.75) is 0 Å². The third-order valence-corrected chi connectivity index (χ3v) is 9.24. The number of hydrogen-bond acceptors (Lipinski definition) is 3. The van der Waals surface area contributed by atoms with E-state index in [4.69, 9.17) is 28.2 Å². The Balaban J connectivity index is 1.50. The number of fused-ring (bicyclic) bond motifs is 1. The van der Waals surface area contributed by atoms with E-state index >= 15 is 0 Å². The van der Waals surface area contributed by atoms with Gasteiger partial charge < -0.3 is 5.09 Å². The van der Waals surface area contributed by atoms with E-state index in [-0.39, 0.29) is 0 Å². The molecule has 0 atom stereocenters. The second kappa shape index (κ2) is 10.9. The van der Waals surface area contributed by atoms with Crippen LogP contribution in [0.1, 0.15) is 11.1 Å². The summed E-state index contributed by atoms with van der Waals surface area (Å²) in [5, 5.41) is 8.63. The molecule has 0 saturated carbocycles. The normalized spacial score (nSPS) is 13.9. The molecule has 7 heteroatoms. The third kappa shape index (κ3) is 5.80. The lowest BCUT2D eigenvalue weighted by Crippen LogP contribution is -1.94. The van der Waals surface area contributed by atoms with Crippen molar-refractivity contribution in [1.29, 1.82) is 0 Å². The highest BCUT2D eigenvalue weighted by Gasteiger charge is 2.21. The number of hydrogen-bond donors (Lipinski definition) is 1. The molecule has 0 radical (unpaired) electrons. The van der Waals surface area contributed by atoms with E-state index in [1.54, 1.807) is 0 Å². The summed E-state index contributed by atoms with van der Waals surface area (Å²) in [6.45, 7) is 0. The van der Waals surface area contributed by atoms with Gasteiger partial charge in [0.25, 0.3) is 0 Å². The second-order valence-electron chi connectivity index (χ2n) is 8.11. The molecule has 4 aromatic carbocycles. The van der Waals surface area contributed by atoms with E-state index in [1.807, 2.05) is 84.2 Å². The highest BCUT2D eigenvalue weighted by Crippen LogP contribution is 2.54. The summed E-state index contributed by atoms with van der Waals surface area (Å²) in [6.07, 6.45) is 0. The molecule has 0 unspecified atom stereocenters. The second-order valence-corrected chi connectivity index (χ2v) is 11.9. The molecule has 3 nitrogen and oxygen atoms in total. The predicted molar refractivity (Wildman–Crippen MR) is 157 cm³/mol. The molecular weight excluding hydrogens is 526 g/mol. The number of thiazole rings is 1. The summed E-state index contributed by atoms with van der Waals surface area (Å²) in [7, 11) is -3.39. The lowest BCUT2D eigenvalue weighted by Gasteiger charge is -2.14. The fourth-order valence-corrected chi connectivity index (χ4v) is 7.59. The van der Waals surface area contributed by atoms with Gasteiger partial charge in [-0.3, -0.25) is 4.57 Å². The first-order chi connectivity index (χ1) is 17.5. The van der Waals surface area contributed by atoms with Gasteiger partial charge in [0.1, 0.15) is 0 Å². The minimum atomic E-state index is -3.39. The fourth-order valence-electron chi connectivity index (χ4n) is 3.74. The monoisotopic (exact) mass is 546 g/mol. The van der Waals surface area contributed by atoms with Crippen molar-refractivity contribution in [3.63, 3.8) is 0 Å².